The molecule has 1 aromatic carbocycles. The molecule has 0 saturated heterocycles. The Hall–Kier alpha value is -2.54. The zero-order valence-corrected chi connectivity index (χ0v) is 12.5. The van der Waals surface area contributed by atoms with Crippen LogP contribution in [0.4, 0.5) is 17.3 Å². The maximum atomic E-state index is 11.0. The minimum absolute atomic E-state index is 0.112. The number of carbonyl (C=O) groups excluding carboxylic acids is 1. The van der Waals surface area contributed by atoms with Crippen LogP contribution >= 0.6 is 12.2 Å². The number of hydrogen-bond acceptors (Lipinski definition) is 5. The minimum Gasteiger partial charge on any atom is -0.388 e. The number of nitrogens with two attached hydrogens (primary N) is 1. The average molecular weight is 301 g/mol. The number of aryl methyl sites for hydroxylation is 1. The number of aromatic nitrogens is 2. The zero-order chi connectivity index (χ0) is 15.4. The summed E-state index contributed by atoms with van der Waals surface area (Å²) in [6.07, 6.45) is 0. The van der Waals surface area contributed by atoms with Crippen LogP contribution in [-0.4, -0.2) is 20.9 Å². The Morgan fingerprint density at radius 1 is 1.19 bits per heavy atom. The van der Waals surface area contributed by atoms with E-state index in [9.17, 15) is 4.79 Å². The van der Waals surface area contributed by atoms with Gasteiger partial charge in [0.25, 0.3) is 0 Å². The molecule has 0 fully saturated rings. The van der Waals surface area contributed by atoms with E-state index in [-0.39, 0.29) is 10.9 Å². The van der Waals surface area contributed by atoms with Crippen molar-refractivity contribution in [1.29, 1.82) is 0 Å². The summed E-state index contributed by atoms with van der Waals surface area (Å²) in [5, 5.41) is 5.77. The van der Waals surface area contributed by atoms with Gasteiger partial charge in [-0.2, -0.15) is 0 Å². The van der Waals surface area contributed by atoms with Gasteiger partial charge in [0.2, 0.25) is 11.9 Å². The topological polar surface area (TPSA) is 92.9 Å². The molecule has 108 valence electrons. The molecule has 6 nitrogen and oxygen atoms in total. The van der Waals surface area contributed by atoms with Crippen molar-refractivity contribution in [2.24, 2.45) is 5.73 Å². The van der Waals surface area contributed by atoms with Crippen LogP contribution in [0.15, 0.2) is 30.3 Å². The maximum absolute atomic E-state index is 11.0. The second kappa shape index (κ2) is 6.27. The molecular formula is C14H15N5OS. The molecule has 2 aromatic rings. The van der Waals surface area contributed by atoms with Gasteiger partial charge >= 0.3 is 0 Å². The highest BCUT2D eigenvalue weighted by atomic mass is 32.1. The molecule has 0 aliphatic rings. The van der Waals surface area contributed by atoms with E-state index in [4.69, 9.17) is 18.0 Å². The van der Waals surface area contributed by atoms with E-state index in [0.717, 1.165) is 17.1 Å². The molecule has 0 bridgehead atoms. The fourth-order valence-corrected chi connectivity index (χ4v) is 1.82. The Balaban J connectivity index is 2.18. The number of thiocarbonyl (C=S) groups is 1. The van der Waals surface area contributed by atoms with Gasteiger partial charge in [0, 0.05) is 24.0 Å². The summed E-state index contributed by atoms with van der Waals surface area (Å²) in [6, 6.07) is 8.93. The molecule has 2 rings (SSSR count). The third-order valence-corrected chi connectivity index (χ3v) is 2.78. The summed E-state index contributed by atoms with van der Waals surface area (Å²) in [5.74, 6) is 0.309. The summed E-state index contributed by atoms with van der Waals surface area (Å²) < 4.78 is 0. The van der Waals surface area contributed by atoms with Gasteiger partial charge in [0.15, 0.2) is 0 Å². The summed E-state index contributed by atoms with van der Waals surface area (Å²) in [7, 11) is 0. The monoisotopic (exact) mass is 301 g/mol. The number of hydrogen-bond donors (Lipinski definition) is 3. The van der Waals surface area contributed by atoms with Crippen LogP contribution in [-0.2, 0) is 4.79 Å². The molecule has 1 amide bonds. The molecular weight excluding hydrogens is 286 g/mol. The number of anilines is 3. The van der Waals surface area contributed by atoms with E-state index in [0.29, 0.717) is 11.6 Å². The Morgan fingerprint density at radius 3 is 2.38 bits per heavy atom. The van der Waals surface area contributed by atoms with Crippen molar-refractivity contribution in [3.63, 3.8) is 0 Å². The predicted molar refractivity (Wildman–Crippen MR) is 86.7 cm³/mol. The fraction of sp³-hybridized carbons (Fsp3) is 0.143. The highest BCUT2D eigenvalue weighted by Gasteiger charge is 2.05. The lowest BCUT2D eigenvalue weighted by Gasteiger charge is -2.08. The summed E-state index contributed by atoms with van der Waals surface area (Å²) in [5.41, 5.74) is 8.40. The van der Waals surface area contributed by atoms with E-state index in [1.54, 1.807) is 18.2 Å². The van der Waals surface area contributed by atoms with Crippen molar-refractivity contribution in [3.05, 3.63) is 41.7 Å². The fourth-order valence-electron chi connectivity index (χ4n) is 1.72. The Morgan fingerprint density at radius 2 is 1.81 bits per heavy atom. The molecule has 7 heteroatoms. The molecule has 0 aliphatic heterocycles. The summed E-state index contributed by atoms with van der Waals surface area (Å²) in [4.78, 5) is 19.7. The number of nitrogens with one attached hydrogen (secondary N) is 2. The van der Waals surface area contributed by atoms with Gasteiger partial charge in [0.05, 0.1) is 0 Å². The number of benzene rings is 1. The molecule has 0 saturated carbocycles. The first-order chi connectivity index (χ1) is 9.94. The highest BCUT2D eigenvalue weighted by molar-refractivity contribution is 7.80. The molecule has 0 atom stereocenters. The third kappa shape index (κ3) is 4.22. The smallest absolute Gasteiger partial charge is 0.228 e. The molecule has 0 radical (unpaired) electrons. The Labute approximate surface area is 127 Å². The Kier molecular flexibility index (Phi) is 4.44. The SMILES string of the molecule is CC(=O)Nc1ccc(Nc2nc(C)cc(C(N)=S)n2)cc1. The number of rotatable bonds is 4. The van der Waals surface area contributed by atoms with Gasteiger partial charge in [-0.25, -0.2) is 9.97 Å². The van der Waals surface area contributed by atoms with Crippen molar-refractivity contribution in [1.82, 2.24) is 9.97 Å². The molecule has 0 spiro atoms. The van der Waals surface area contributed by atoms with E-state index >= 15 is 0 Å². The standard InChI is InChI=1S/C14H15N5OS/c1-8-7-12(13(15)21)19-14(16-8)18-11-5-3-10(4-6-11)17-9(2)20/h3-7H,1-2H3,(H2,15,21)(H,17,20)(H,16,18,19). The van der Waals surface area contributed by atoms with Gasteiger partial charge < -0.3 is 16.4 Å². The van der Waals surface area contributed by atoms with E-state index in [1.807, 2.05) is 19.1 Å². The van der Waals surface area contributed by atoms with Crippen molar-refractivity contribution in [2.75, 3.05) is 10.6 Å². The van der Waals surface area contributed by atoms with E-state index in [1.165, 1.54) is 6.92 Å². The maximum Gasteiger partial charge on any atom is 0.228 e. The molecule has 0 unspecified atom stereocenters. The third-order valence-electron chi connectivity index (χ3n) is 2.57. The highest BCUT2D eigenvalue weighted by Crippen LogP contribution is 2.17. The van der Waals surface area contributed by atoms with Crippen LogP contribution in [0.3, 0.4) is 0 Å². The van der Waals surface area contributed by atoms with Gasteiger partial charge in [-0.15, -0.1) is 0 Å². The second-order valence-corrected chi connectivity index (χ2v) is 4.91. The van der Waals surface area contributed by atoms with Crippen LogP contribution in [0.5, 0.6) is 0 Å². The number of nitrogens with zero attached hydrogens (tertiary/aromatic N) is 2. The molecule has 1 heterocycles. The minimum atomic E-state index is -0.112. The van der Waals surface area contributed by atoms with Crippen LogP contribution < -0.4 is 16.4 Å². The van der Waals surface area contributed by atoms with Crippen molar-refractivity contribution in [3.8, 4) is 0 Å². The molecule has 1 aromatic heterocycles. The second-order valence-electron chi connectivity index (χ2n) is 4.47. The van der Waals surface area contributed by atoms with Crippen LogP contribution in [0, 0.1) is 6.92 Å². The van der Waals surface area contributed by atoms with Crippen LogP contribution in [0.1, 0.15) is 18.3 Å². The lowest BCUT2D eigenvalue weighted by atomic mass is 10.3. The number of carbonyl (C=O) groups is 1. The van der Waals surface area contributed by atoms with E-state index < -0.39 is 0 Å². The van der Waals surface area contributed by atoms with Crippen molar-refractivity contribution < 1.29 is 4.79 Å². The average Bonchev–Trinajstić information content (AvgIpc) is 2.39. The van der Waals surface area contributed by atoms with Crippen molar-refractivity contribution >= 4 is 40.4 Å². The summed E-state index contributed by atoms with van der Waals surface area (Å²) in [6.45, 7) is 3.30. The van der Waals surface area contributed by atoms with Crippen LogP contribution in [0.25, 0.3) is 0 Å². The zero-order valence-electron chi connectivity index (χ0n) is 11.7. The molecule has 0 aliphatic carbocycles. The largest absolute Gasteiger partial charge is 0.388 e. The summed E-state index contributed by atoms with van der Waals surface area (Å²) >= 11 is 4.92. The van der Waals surface area contributed by atoms with Gasteiger partial charge in [0.1, 0.15) is 10.7 Å². The first kappa shape index (κ1) is 14.9. The lowest BCUT2D eigenvalue weighted by molar-refractivity contribution is -0.114. The van der Waals surface area contributed by atoms with Crippen LogP contribution in [0.2, 0.25) is 0 Å². The number of amides is 1. The first-order valence-electron chi connectivity index (χ1n) is 6.24. The normalized spacial score (nSPS) is 10.0. The first-order valence-corrected chi connectivity index (χ1v) is 6.65. The molecule has 4 N–H and O–H groups in total. The predicted octanol–water partition coefficient (Wildman–Crippen LogP) is 2.12. The van der Waals surface area contributed by atoms with Gasteiger partial charge in [-0.3, -0.25) is 4.79 Å². The van der Waals surface area contributed by atoms with Gasteiger partial charge in [-0.1, -0.05) is 12.2 Å². The van der Waals surface area contributed by atoms with E-state index in [2.05, 4.69) is 20.6 Å². The van der Waals surface area contributed by atoms with Gasteiger partial charge in [-0.05, 0) is 37.3 Å². The Bertz CT molecular complexity index is 684. The quantitative estimate of drug-likeness (QED) is 0.749. The molecule has 21 heavy (non-hydrogen) atoms. The van der Waals surface area contributed by atoms with Crippen molar-refractivity contribution in [2.45, 2.75) is 13.8 Å². The lowest BCUT2D eigenvalue weighted by Crippen LogP contribution is -2.13.